The van der Waals surface area contributed by atoms with Crippen molar-refractivity contribution < 1.29 is 14.4 Å². The molecule has 3 atom stereocenters. The standard InChI is InChI=1S/C12H14.C10H13N.C10H17N.C10H10O.C9H18.C7H8.C6H12.2C4H8O.CH5N/c1-4-10(3)12-8-6-7-11(5-2)9-12;1-8(9(2)11)10-6-4-3-5-7-10;1-6-8(2)10(4)9(3)7-11-5;1-3-9-6-4-5-7-10(9)8(2)11;1-5-6-7-9(4)8(2)3;1-7-5-3-2-4-6-7;1-2-4-6-5-3-1;2*1-3-4(2)5;1-2/h5-9H,2-4H2,1H3;3-8H,2,11H2,1H3;9,11H,1,4,7H2,2-3,5H3;3-7H,1H2,2H3;9H,2,5-7H2,1,3-4H3;2-6H,1H3;1-6H2;2*3H2,1-2H3;2H2,1H3/t;8-;;;;;;;;/m.1......../s1. The average molecular weight is 1080 g/mol. The molecule has 0 heterocycles. The Labute approximate surface area is 486 Å². The van der Waals surface area contributed by atoms with Crippen molar-refractivity contribution in [3.05, 3.63) is 217 Å². The number of Topliss-reactive ketones (excluding diaryl/α,β-unsaturated/α-hetero) is 3. The molecule has 0 saturated heterocycles. The van der Waals surface area contributed by atoms with Crippen molar-refractivity contribution in [3.63, 3.8) is 0 Å². The second-order valence-electron chi connectivity index (χ2n) is 19.4. The van der Waals surface area contributed by atoms with Crippen molar-refractivity contribution in [2.24, 2.45) is 23.3 Å². The van der Waals surface area contributed by atoms with E-state index in [2.05, 4.69) is 148 Å². The molecule has 0 aliphatic heterocycles. The molecule has 1 saturated carbocycles. The molecule has 1 aliphatic rings. The maximum absolute atomic E-state index is 11.0. The van der Waals surface area contributed by atoms with Crippen LogP contribution in [0.25, 0.3) is 17.7 Å². The van der Waals surface area contributed by atoms with Crippen molar-refractivity contribution in [1.82, 2.24) is 5.32 Å². The van der Waals surface area contributed by atoms with Crippen molar-refractivity contribution in [1.29, 1.82) is 0 Å². The number of benzene rings is 4. The number of aryl methyl sites for hydroxylation is 1. The summed E-state index contributed by atoms with van der Waals surface area (Å²) in [4.78, 5) is 30.6. The molecule has 438 valence electrons. The molecule has 0 amide bonds. The minimum absolute atomic E-state index is 0.0838. The van der Waals surface area contributed by atoms with E-state index in [0.717, 1.165) is 52.4 Å². The van der Waals surface area contributed by atoms with Crippen LogP contribution >= 0.6 is 0 Å². The van der Waals surface area contributed by atoms with E-state index in [-0.39, 0.29) is 23.3 Å². The number of carbonyl (C=O) groups excluding carboxylic acids is 3. The quantitative estimate of drug-likeness (QED) is 0.0420. The first-order valence-electron chi connectivity index (χ1n) is 28.6. The largest absolute Gasteiger partial charge is 0.402 e. The van der Waals surface area contributed by atoms with E-state index in [1.54, 1.807) is 32.9 Å². The highest BCUT2D eigenvalue weighted by atomic mass is 16.1. The number of rotatable bonds is 17. The molecule has 4 aromatic carbocycles. The smallest absolute Gasteiger partial charge is 0.160 e. The van der Waals surface area contributed by atoms with Gasteiger partial charge in [0.15, 0.2) is 5.78 Å². The first-order valence-corrected chi connectivity index (χ1v) is 28.6. The van der Waals surface area contributed by atoms with Gasteiger partial charge in [0.05, 0.1) is 0 Å². The third kappa shape index (κ3) is 49.6. The molecule has 6 nitrogen and oxygen atoms in total. The van der Waals surface area contributed by atoms with Crippen LogP contribution in [0.15, 0.2) is 183 Å². The van der Waals surface area contributed by atoms with Gasteiger partial charge in [0, 0.05) is 36.6 Å². The molecular weight excluding hydrogens is 967 g/mol. The van der Waals surface area contributed by atoms with Crippen molar-refractivity contribution in [2.45, 2.75) is 173 Å². The number of ketones is 3. The number of carbonyl (C=O) groups is 3. The van der Waals surface area contributed by atoms with E-state index in [0.29, 0.717) is 18.8 Å². The van der Waals surface area contributed by atoms with Crippen LogP contribution in [0.5, 0.6) is 0 Å². The summed E-state index contributed by atoms with van der Waals surface area (Å²) in [5, 5.41) is 3.10. The second kappa shape index (κ2) is 56.3. The van der Waals surface area contributed by atoms with Gasteiger partial charge in [-0.15, -0.1) is 5.73 Å². The Morgan fingerprint density at radius 1 is 0.646 bits per heavy atom. The van der Waals surface area contributed by atoms with Crippen LogP contribution in [-0.2, 0) is 9.59 Å². The predicted octanol–water partition coefficient (Wildman–Crippen LogP) is 19.9. The second-order valence-corrected chi connectivity index (χ2v) is 19.4. The lowest BCUT2D eigenvalue weighted by molar-refractivity contribution is -0.117. The number of nitrogens with two attached hydrogens (primary N) is 2. The van der Waals surface area contributed by atoms with Gasteiger partial charge in [0.25, 0.3) is 0 Å². The summed E-state index contributed by atoms with van der Waals surface area (Å²) < 4.78 is 0. The highest BCUT2D eigenvalue weighted by Gasteiger charge is 2.06. The molecule has 5 N–H and O–H groups in total. The summed E-state index contributed by atoms with van der Waals surface area (Å²) in [6, 6.07) is 36.1. The monoisotopic (exact) mass is 1080 g/mol. The number of hydrogen-bond acceptors (Lipinski definition) is 6. The highest BCUT2D eigenvalue weighted by Crippen LogP contribution is 2.20. The molecule has 6 heteroatoms. The molecular formula is C73H113N3O3. The van der Waals surface area contributed by atoms with E-state index >= 15 is 0 Å². The molecule has 0 spiro atoms. The fourth-order valence-electron chi connectivity index (χ4n) is 6.31. The molecule has 1 aliphatic carbocycles. The van der Waals surface area contributed by atoms with Gasteiger partial charge >= 0.3 is 0 Å². The third-order valence-corrected chi connectivity index (χ3v) is 12.5. The van der Waals surface area contributed by atoms with Crippen LogP contribution in [0, 0.1) is 18.8 Å². The summed E-state index contributed by atoms with van der Waals surface area (Å²) >= 11 is 0. The lowest BCUT2D eigenvalue weighted by Gasteiger charge is -2.12. The van der Waals surface area contributed by atoms with Crippen molar-refractivity contribution in [3.8, 4) is 0 Å². The van der Waals surface area contributed by atoms with E-state index < -0.39 is 0 Å². The molecule has 2 unspecified atom stereocenters. The van der Waals surface area contributed by atoms with Crippen LogP contribution in [-0.4, -0.2) is 38.0 Å². The Bertz CT molecular complexity index is 2270. The molecule has 79 heavy (non-hydrogen) atoms. The van der Waals surface area contributed by atoms with E-state index in [9.17, 15) is 14.4 Å². The van der Waals surface area contributed by atoms with Gasteiger partial charge in [0.2, 0.25) is 0 Å². The minimum Gasteiger partial charge on any atom is -0.402 e. The Hall–Kier alpha value is -6.43. The average Bonchev–Trinajstić information content (AvgIpc) is 3.48. The fraction of sp³-hybridized carbons (Fsp3) is 0.425. The number of unbranched alkanes of at least 4 members (excludes halogenated alkanes) is 1. The van der Waals surface area contributed by atoms with Crippen molar-refractivity contribution >= 4 is 35.1 Å². The zero-order chi connectivity index (χ0) is 61.6. The summed E-state index contributed by atoms with van der Waals surface area (Å²) in [6.45, 7) is 52.8. The maximum atomic E-state index is 11.0. The van der Waals surface area contributed by atoms with Crippen LogP contribution in [0.2, 0.25) is 0 Å². The first-order chi connectivity index (χ1) is 37.5. The predicted molar refractivity (Wildman–Crippen MR) is 356 cm³/mol. The van der Waals surface area contributed by atoms with Gasteiger partial charge < -0.3 is 26.4 Å². The topological polar surface area (TPSA) is 115 Å². The third-order valence-electron chi connectivity index (χ3n) is 12.5. The zero-order valence-corrected chi connectivity index (χ0v) is 52.8. The van der Waals surface area contributed by atoms with Crippen LogP contribution in [0.3, 0.4) is 0 Å². The van der Waals surface area contributed by atoms with Crippen LogP contribution in [0.4, 0.5) is 0 Å². The number of allylic oxidation sites excluding steroid dienone is 4. The molecule has 4 aromatic rings. The Morgan fingerprint density at radius 2 is 1.10 bits per heavy atom. The number of hydrogen-bond donors (Lipinski definition) is 3. The van der Waals surface area contributed by atoms with E-state index in [1.807, 2.05) is 101 Å². The van der Waals surface area contributed by atoms with Gasteiger partial charge in [0.1, 0.15) is 11.6 Å². The number of nitrogens with one attached hydrogen (secondary N) is 1. The van der Waals surface area contributed by atoms with Crippen molar-refractivity contribution in [2.75, 3.05) is 20.6 Å². The van der Waals surface area contributed by atoms with E-state index in [4.69, 9.17) is 5.73 Å². The lowest BCUT2D eigenvalue weighted by atomic mass is 9.97. The van der Waals surface area contributed by atoms with Gasteiger partial charge in [-0.05, 0) is 125 Å². The van der Waals surface area contributed by atoms with Gasteiger partial charge in [-0.2, -0.15) is 0 Å². The summed E-state index contributed by atoms with van der Waals surface area (Å²) in [5.74, 6) is 2.05. The Balaban J connectivity index is -0.000000263. The van der Waals surface area contributed by atoms with Crippen LogP contribution < -0.4 is 16.8 Å². The SMILES string of the molecule is C1CCCCC1.C=C(C)C(C)CCCC.C=C(N)[C@@H](C)c1ccccc1.C=C=C(C)C(=C)C(C)CNC.C=Cc1cccc(C(=C)CC)c1.C=Cc1ccccc1C(C)=O.CCC(C)=O.CCC(C)=O.CN.Cc1ccccc1. The molecule has 5 rings (SSSR count). The van der Waals surface area contributed by atoms with Gasteiger partial charge in [-0.1, -0.05) is 272 Å². The fourth-order valence-corrected chi connectivity index (χ4v) is 6.31. The molecule has 0 radical (unpaired) electrons. The van der Waals surface area contributed by atoms with Crippen LogP contribution in [0.1, 0.15) is 204 Å². The lowest BCUT2D eigenvalue weighted by Crippen LogP contribution is -2.17. The highest BCUT2D eigenvalue weighted by molar-refractivity contribution is 5.97. The van der Waals surface area contributed by atoms with Gasteiger partial charge in [-0.3, -0.25) is 4.79 Å². The summed E-state index contributed by atoms with van der Waals surface area (Å²) in [7, 11) is 3.44. The Morgan fingerprint density at radius 3 is 1.43 bits per heavy atom. The Kier molecular flexibility index (Phi) is 58.0. The normalized spacial score (nSPS) is 11.2. The van der Waals surface area contributed by atoms with E-state index in [1.165, 1.54) is 92.7 Å². The van der Waals surface area contributed by atoms with Gasteiger partial charge in [-0.25, -0.2) is 0 Å². The first kappa shape index (κ1) is 81.4. The minimum atomic E-state index is 0.0838. The molecule has 1 fully saturated rings. The summed E-state index contributed by atoms with van der Waals surface area (Å²) in [5.41, 5.74) is 24.9. The molecule has 0 aromatic heterocycles. The zero-order valence-electron chi connectivity index (χ0n) is 52.8. The summed E-state index contributed by atoms with van der Waals surface area (Å²) in [6.07, 6.45) is 18.8. The maximum Gasteiger partial charge on any atom is 0.160 e. The molecule has 0 bridgehead atoms.